The fourth-order valence-electron chi connectivity index (χ4n) is 1.62. The lowest BCUT2D eigenvalue weighted by Crippen LogP contribution is -2.16. The summed E-state index contributed by atoms with van der Waals surface area (Å²) in [5, 5.41) is 15.5. The van der Waals surface area contributed by atoms with Crippen molar-refractivity contribution in [2.75, 3.05) is 5.32 Å². The summed E-state index contributed by atoms with van der Waals surface area (Å²) in [7, 11) is 1.76. The molecule has 0 radical (unpaired) electrons. The standard InChI is InChI=1S/C12H13N3O4/c1-7-5-10(14-15(7)2)13-11(16)6-9-8(12(17)18)3-4-19-9/h3-5H,6H2,1-2H3,(H,17,18)(H,13,14,16). The Hall–Kier alpha value is -2.57. The Bertz CT molecular complexity index is 607. The Morgan fingerprint density at radius 3 is 2.84 bits per heavy atom. The molecule has 0 aliphatic rings. The van der Waals surface area contributed by atoms with E-state index in [-0.39, 0.29) is 23.7 Å². The van der Waals surface area contributed by atoms with Crippen molar-refractivity contribution in [3.63, 3.8) is 0 Å². The quantitative estimate of drug-likeness (QED) is 0.863. The molecule has 0 aliphatic heterocycles. The Kier molecular flexibility index (Phi) is 3.37. The van der Waals surface area contributed by atoms with Gasteiger partial charge in [0.25, 0.3) is 0 Å². The van der Waals surface area contributed by atoms with E-state index < -0.39 is 5.97 Å². The average Bonchev–Trinajstić information content (AvgIpc) is 2.87. The predicted molar refractivity (Wildman–Crippen MR) is 65.9 cm³/mol. The normalized spacial score (nSPS) is 10.4. The van der Waals surface area contributed by atoms with Crippen molar-refractivity contribution < 1.29 is 19.1 Å². The minimum atomic E-state index is -1.12. The molecule has 0 saturated heterocycles. The highest BCUT2D eigenvalue weighted by Gasteiger charge is 2.17. The largest absolute Gasteiger partial charge is 0.478 e. The molecule has 7 nitrogen and oxygen atoms in total. The number of carbonyl (C=O) groups excluding carboxylic acids is 1. The highest BCUT2D eigenvalue weighted by Crippen LogP contribution is 2.13. The van der Waals surface area contributed by atoms with E-state index in [4.69, 9.17) is 9.52 Å². The van der Waals surface area contributed by atoms with Crippen LogP contribution in [-0.4, -0.2) is 26.8 Å². The van der Waals surface area contributed by atoms with Crippen LogP contribution in [0.5, 0.6) is 0 Å². The fourth-order valence-corrected chi connectivity index (χ4v) is 1.62. The van der Waals surface area contributed by atoms with Crippen molar-refractivity contribution >= 4 is 17.7 Å². The van der Waals surface area contributed by atoms with Crippen LogP contribution in [0.15, 0.2) is 22.8 Å². The van der Waals surface area contributed by atoms with Crippen molar-refractivity contribution in [2.24, 2.45) is 7.05 Å². The molecule has 0 aliphatic carbocycles. The van der Waals surface area contributed by atoms with Gasteiger partial charge in [-0.1, -0.05) is 0 Å². The third-order valence-electron chi connectivity index (χ3n) is 2.68. The van der Waals surface area contributed by atoms with E-state index in [1.807, 2.05) is 6.92 Å². The Labute approximate surface area is 108 Å². The van der Waals surface area contributed by atoms with Crippen LogP contribution >= 0.6 is 0 Å². The molecule has 100 valence electrons. The number of aromatic carboxylic acids is 1. The number of amides is 1. The van der Waals surface area contributed by atoms with Gasteiger partial charge in [-0.3, -0.25) is 9.48 Å². The van der Waals surface area contributed by atoms with Gasteiger partial charge in [-0.25, -0.2) is 4.79 Å². The zero-order valence-corrected chi connectivity index (χ0v) is 10.5. The smallest absolute Gasteiger partial charge is 0.339 e. The Morgan fingerprint density at radius 1 is 1.53 bits per heavy atom. The first-order valence-electron chi connectivity index (χ1n) is 5.57. The van der Waals surface area contributed by atoms with Crippen molar-refractivity contribution in [3.8, 4) is 0 Å². The first-order chi connectivity index (χ1) is 8.97. The number of hydrogen-bond acceptors (Lipinski definition) is 4. The zero-order valence-electron chi connectivity index (χ0n) is 10.5. The molecule has 0 saturated carbocycles. The minimum absolute atomic E-state index is 0.00708. The van der Waals surface area contributed by atoms with Gasteiger partial charge in [0.1, 0.15) is 11.3 Å². The second-order valence-corrected chi connectivity index (χ2v) is 4.08. The molecule has 0 spiro atoms. The second kappa shape index (κ2) is 4.97. The van der Waals surface area contributed by atoms with E-state index in [2.05, 4.69) is 10.4 Å². The summed E-state index contributed by atoms with van der Waals surface area (Å²) < 4.78 is 6.63. The number of aromatic nitrogens is 2. The van der Waals surface area contributed by atoms with Crippen LogP contribution in [0.1, 0.15) is 21.8 Å². The van der Waals surface area contributed by atoms with Gasteiger partial charge in [0.15, 0.2) is 5.82 Å². The van der Waals surface area contributed by atoms with Crippen LogP contribution in [0.4, 0.5) is 5.82 Å². The Morgan fingerprint density at radius 2 is 2.26 bits per heavy atom. The number of carboxylic acid groups (broad SMARTS) is 1. The molecule has 1 amide bonds. The van der Waals surface area contributed by atoms with Crippen LogP contribution < -0.4 is 5.32 Å². The number of hydrogen-bond donors (Lipinski definition) is 2. The third kappa shape index (κ3) is 2.82. The maximum absolute atomic E-state index is 11.8. The van der Waals surface area contributed by atoms with Crippen LogP contribution in [0.2, 0.25) is 0 Å². The van der Waals surface area contributed by atoms with Crippen LogP contribution in [-0.2, 0) is 18.3 Å². The van der Waals surface area contributed by atoms with Crippen molar-refractivity contribution in [3.05, 3.63) is 35.4 Å². The van der Waals surface area contributed by atoms with Crippen LogP contribution in [0.25, 0.3) is 0 Å². The number of nitrogens with zero attached hydrogens (tertiary/aromatic N) is 2. The SMILES string of the molecule is Cc1cc(NC(=O)Cc2occc2C(=O)O)nn1C. The lowest BCUT2D eigenvalue weighted by atomic mass is 10.2. The lowest BCUT2D eigenvalue weighted by molar-refractivity contribution is -0.115. The van der Waals surface area contributed by atoms with Gasteiger partial charge in [-0.15, -0.1) is 0 Å². The molecule has 2 rings (SSSR count). The number of carboxylic acids is 1. The first kappa shape index (κ1) is 12.9. The van der Waals surface area contributed by atoms with Gasteiger partial charge in [-0.05, 0) is 13.0 Å². The summed E-state index contributed by atoms with van der Waals surface area (Å²) in [6.45, 7) is 1.86. The lowest BCUT2D eigenvalue weighted by Gasteiger charge is -2.00. The summed E-state index contributed by atoms with van der Waals surface area (Å²) >= 11 is 0. The summed E-state index contributed by atoms with van der Waals surface area (Å²) in [5.41, 5.74) is 0.895. The number of carbonyl (C=O) groups is 2. The van der Waals surface area contributed by atoms with Crippen molar-refractivity contribution in [2.45, 2.75) is 13.3 Å². The van der Waals surface area contributed by atoms with Gasteiger partial charge >= 0.3 is 5.97 Å². The van der Waals surface area contributed by atoms with Gasteiger partial charge in [0, 0.05) is 18.8 Å². The van der Waals surface area contributed by atoms with E-state index in [9.17, 15) is 9.59 Å². The maximum Gasteiger partial charge on any atom is 0.339 e. The second-order valence-electron chi connectivity index (χ2n) is 4.08. The van der Waals surface area contributed by atoms with Gasteiger partial charge in [0.05, 0.1) is 12.7 Å². The summed E-state index contributed by atoms with van der Waals surface area (Å²) in [4.78, 5) is 22.6. The van der Waals surface area contributed by atoms with Gasteiger partial charge < -0.3 is 14.8 Å². The molecule has 2 N–H and O–H groups in total. The van der Waals surface area contributed by atoms with E-state index in [1.165, 1.54) is 12.3 Å². The van der Waals surface area contributed by atoms with Crippen LogP contribution in [0, 0.1) is 6.92 Å². The number of rotatable bonds is 4. The molecule has 0 atom stereocenters. The summed E-state index contributed by atoms with van der Waals surface area (Å²) in [6.07, 6.45) is 1.10. The topological polar surface area (TPSA) is 97.4 Å². The highest BCUT2D eigenvalue weighted by molar-refractivity contribution is 5.94. The Balaban J connectivity index is 2.05. The summed E-state index contributed by atoms with van der Waals surface area (Å²) in [6, 6.07) is 3.04. The highest BCUT2D eigenvalue weighted by atomic mass is 16.4. The predicted octanol–water partition coefficient (Wildman–Crippen LogP) is 1.20. The molecule has 2 aromatic heterocycles. The van der Waals surface area contributed by atoms with E-state index in [0.29, 0.717) is 5.82 Å². The maximum atomic E-state index is 11.8. The molecule has 2 heterocycles. The molecular formula is C12H13N3O4. The number of anilines is 1. The minimum Gasteiger partial charge on any atom is -0.478 e. The molecule has 7 heteroatoms. The fraction of sp³-hybridized carbons (Fsp3) is 0.250. The molecule has 0 fully saturated rings. The molecule has 0 aromatic carbocycles. The molecule has 0 bridgehead atoms. The molecule has 0 unspecified atom stereocenters. The van der Waals surface area contributed by atoms with Crippen molar-refractivity contribution in [1.82, 2.24) is 9.78 Å². The number of aryl methyl sites for hydroxylation is 2. The van der Waals surface area contributed by atoms with E-state index in [1.54, 1.807) is 17.8 Å². The monoisotopic (exact) mass is 263 g/mol. The van der Waals surface area contributed by atoms with Gasteiger partial charge in [-0.2, -0.15) is 5.10 Å². The zero-order chi connectivity index (χ0) is 14.0. The van der Waals surface area contributed by atoms with Crippen LogP contribution in [0.3, 0.4) is 0 Å². The molecule has 19 heavy (non-hydrogen) atoms. The number of furan rings is 1. The molecular weight excluding hydrogens is 250 g/mol. The van der Waals surface area contributed by atoms with E-state index in [0.717, 1.165) is 5.69 Å². The van der Waals surface area contributed by atoms with Gasteiger partial charge in [0.2, 0.25) is 5.91 Å². The van der Waals surface area contributed by atoms with E-state index >= 15 is 0 Å². The van der Waals surface area contributed by atoms with Crippen molar-refractivity contribution in [1.29, 1.82) is 0 Å². The molecule has 2 aromatic rings. The number of nitrogens with one attached hydrogen (secondary N) is 1. The first-order valence-corrected chi connectivity index (χ1v) is 5.57. The summed E-state index contributed by atoms with van der Waals surface area (Å²) in [5.74, 6) is -0.952. The average molecular weight is 263 g/mol. The third-order valence-corrected chi connectivity index (χ3v) is 2.68.